The molecule has 0 bridgehead atoms. The molecule has 14 heavy (non-hydrogen) atoms. The van der Waals surface area contributed by atoms with Gasteiger partial charge in [-0.05, 0) is 12.1 Å². The Hall–Kier alpha value is -2.17. The van der Waals surface area contributed by atoms with Crippen LogP contribution in [0.2, 0.25) is 0 Å². The van der Waals surface area contributed by atoms with Crippen molar-refractivity contribution < 1.29 is 9.21 Å². The maximum Gasteiger partial charge on any atom is 0.291 e. The topological polar surface area (TPSA) is 68.0 Å². The fourth-order valence-electron chi connectivity index (χ4n) is 0.964. The van der Waals surface area contributed by atoms with Crippen LogP contribution in [0.4, 0.5) is 5.69 Å². The first-order chi connectivity index (χ1) is 6.86. The zero-order valence-corrected chi connectivity index (χ0v) is 7.18. The van der Waals surface area contributed by atoms with Gasteiger partial charge in [-0.3, -0.25) is 4.79 Å². The molecule has 5 heteroatoms. The third-order valence-corrected chi connectivity index (χ3v) is 1.56. The third-order valence-electron chi connectivity index (χ3n) is 1.56. The minimum Gasteiger partial charge on any atom is -0.459 e. The van der Waals surface area contributed by atoms with Crippen LogP contribution in [0.3, 0.4) is 0 Å². The van der Waals surface area contributed by atoms with Gasteiger partial charge >= 0.3 is 0 Å². The van der Waals surface area contributed by atoms with Crippen LogP contribution >= 0.6 is 0 Å². The Kier molecular flexibility index (Phi) is 2.22. The number of hydrogen-bond donors (Lipinski definition) is 1. The second kappa shape index (κ2) is 3.69. The van der Waals surface area contributed by atoms with E-state index < -0.39 is 0 Å². The average molecular weight is 189 g/mol. The molecule has 0 saturated heterocycles. The number of furan rings is 1. The molecule has 5 nitrogen and oxygen atoms in total. The van der Waals surface area contributed by atoms with Gasteiger partial charge in [0, 0.05) is 0 Å². The van der Waals surface area contributed by atoms with Gasteiger partial charge in [0.2, 0.25) is 0 Å². The van der Waals surface area contributed by atoms with Crippen molar-refractivity contribution in [3.8, 4) is 0 Å². The maximum atomic E-state index is 11.4. The van der Waals surface area contributed by atoms with Crippen molar-refractivity contribution in [1.29, 1.82) is 0 Å². The number of anilines is 1. The number of nitrogens with one attached hydrogen (secondary N) is 1. The van der Waals surface area contributed by atoms with E-state index in [0.717, 1.165) is 0 Å². The molecule has 0 aliphatic carbocycles. The van der Waals surface area contributed by atoms with E-state index in [2.05, 4.69) is 15.3 Å². The number of amides is 1. The third kappa shape index (κ3) is 1.77. The fourth-order valence-corrected chi connectivity index (χ4v) is 0.964. The summed E-state index contributed by atoms with van der Waals surface area (Å²) in [6.45, 7) is 0. The molecule has 1 N–H and O–H groups in total. The van der Waals surface area contributed by atoms with Crippen molar-refractivity contribution in [3.05, 3.63) is 42.9 Å². The monoisotopic (exact) mass is 189 g/mol. The molecule has 0 unspecified atom stereocenters. The van der Waals surface area contributed by atoms with Crippen molar-refractivity contribution in [1.82, 2.24) is 9.97 Å². The molecule has 2 rings (SSSR count). The summed E-state index contributed by atoms with van der Waals surface area (Å²) in [5, 5.41) is 2.59. The van der Waals surface area contributed by atoms with E-state index in [4.69, 9.17) is 4.42 Å². The average Bonchev–Trinajstić information content (AvgIpc) is 2.72. The zero-order valence-electron chi connectivity index (χ0n) is 7.18. The highest BCUT2D eigenvalue weighted by Gasteiger charge is 2.07. The van der Waals surface area contributed by atoms with Gasteiger partial charge in [-0.1, -0.05) is 0 Å². The van der Waals surface area contributed by atoms with Gasteiger partial charge in [-0.2, -0.15) is 0 Å². The largest absolute Gasteiger partial charge is 0.459 e. The van der Waals surface area contributed by atoms with E-state index in [1.54, 1.807) is 12.1 Å². The molecular formula is C9H7N3O2. The fraction of sp³-hybridized carbons (Fsp3) is 0. The van der Waals surface area contributed by atoms with Gasteiger partial charge in [0.25, 0.3) is 5.91 Å². The Balaban J connectivity index is 2.10. The van der Waals surface area contributed by atoms with Crippen LogP contribution < -0.4 is 5.32 Å². The van der Waals surface area contributed by atoms with E-state index in [1.807, 2.05) is 0 Å². The number of nitrogens with zero attached hydrogens (tertiary/aromatic N) is 2. The summed E-state index contributed by atoms with van der Waals surface area (Å²) in [7, 11) is 0. The van der Waals surface area contributed by atoms with E-state index in [9.17, 15) is 4.79 Å². The molecule has 0 spiro atoms. The van der Waals surface area contributed by atoms with Crippen LogP contribution in [-0.4, -0.2) is 15.9 Å². The van der Waals surface area contributed by atoms with Crippen molar-refractivity contribution >= 4 is 11.6 Å². The van der Waals surface area contributed by atoms with Crippen LogP contribution in [0, 0.1) is 0 Å². The molecule has 0 radical (unpaired) electrons. The lowest BCUT2D eigenvalue weighted by molar-refractivity contribution is 0.0996. The molecule has 0 aliphatic rings. The molecule has 2 heterocycles. The van der Waals surface area contributed by atoms with Gasteiger partial charge in [0.15, 0.2) is 5.76 Å². The van der Waals surface area contributed by atoms with Crippen LogP contribution in [-0.2, 0) is 0 Å². The molecule has 2 aromatic heterocycles. The summed E-state index contributed by atoms with van der Waals surface area (Å²) in [5.74, 6) is -0.0568. The minimum atomic E-state index is -0.315. The van der Waals surface area contributed by atoms with Crippen molar-refractivity contribution in [3.63, 3.8) is 0 Å². The summed E-state index contributed by atoms with van der Waals surface area (Å²) in [6.07, 6.45) is 5.85. The molecule has 0 fully saturated rings. The van der Waals surface area contributed by atoms with E-state index >= 15 is 0 Å². The van der Waals surface area contributed by atoms with Crippen LogP contribution in [0.1, 0.15) is 10.6 Å². The van der Waals surface area contributed by atoms with Gasteiger partial charge in [0.05, 0.1) is 24.3 Å². The molecule has 0 aromatic carbocycles. The molecular weight excluding hydrogens is 182 g/mol. The minimum absolute atomic E-state index is 0.258. The maximum absolute atomic E-state index is 11.4. The first-order valence-electron chi connectivity index (χ1n) is 3.96. The molecule has 2 aromatic rings. The first kappa shape index (κ1) is 8.43. The van der Waals surface area contributed by atoms with E-state index in [-0.39, 0.29) is 11.7 Å². The van der Waals surface area contributed by atoms with E-state index in [1.165, 1.54) is 25.0 Å². The standard InChI is InChI=1S/C9H7N3O2/c13-9(8-2-1-3-14-8)12-7-4-10-6-11-5-7/h1-6H,(H,12,13). The number of carbonyl (C=O) groups excluding carboxylic acids is 1. The summed E-state index contributed by atoms with van der Waals surface area (Å²) in [4.78, 5) is 18.9. The number of hydrogen-bond acceptors (Lipinski definition) is 4. The van der Waals surface area contributed by atoms with Gasteiger partial charge in [0.1, 0.15) is 6.33 Å². The summed E-state index contributed by atoms with van der Waals surface area (Å²) >= 11 is 0. The molecule has 1 amide bonds. The lowest BCUT2D eigenvalue weighted by atomic mass is 10.4. The number of carbonyl (C=O) groups is 1. The lowest BCUT2D eigenvalue weighted by Gasteiger charge is -2.00. The van der Waals surface area contributed by atoms with Crippen molar-refractivity contribution in [2.45, 2.75) is 0 Å². The van der Waals surface area contributed by atoms with Gasteiger partial charge in [-0.15, -0.1) is 0 Å². The summed E-state index contributed by atoms with van der Waals surface area (Å²) in [6, 6.07) is 3.23. The highest BCUT2D eigenvalue weighted by molar-refractivity contribution is 6.01. The second-order valence-electron chi connectivity index (χ2n) is 2.56. The van der Waals surface area contributed by atoms with Crippen molar-refractivity contribution in [2.24, 2.45) is 0 Å². The van der Waals surface area contributed by atoms with Crippen molar-refractivity contribution in [2.75, 3.05) is 5.32 Å². The predicted molar refractivity (Wildman–Crippen MR) is 48.7 cm³/mol. The Morgan fingerprint density at radius 3 is 2.79 bits per heavy atom. The highest BCUT2D eigenvalue weighted by Crippen LogP contribution is 2.05. The van der Waals surface area contributed by atoms with Crippen LogP contribution in [0.25, 0.3) is 0 Å². The second-order valence-corrected chi connectivity index (χ2v) is 2.56. The number of rotatable bonds is 2. The van der Waals surface area contributed by atoms with Crippen LogP contribution in [0.5, 0.6) is 0 Å². The smallest absolute Gasteiger partial charge is 0.291 e. The zero-order chi connectivity index (χ0) is 9.80. The highest BCUT2D eigenvalue weighted by atomic mass is 16.3. The van der Waals surface area contributed by atoms with E-state index in [0.29, 0.717) is 5.69 Å². The Morgan fingerprint density at radius 1 is 1.36 bits per heavy atom. The lowest BCUT2D eigenvalue weighted by Crippen LogP contribution is -2.10. The first-order valence-corrected chi connectivity index (χ1v) is 3.96. The Labute approximate surface area is 79.8 Å². The predicted octanol–water partition coefficient (Wildman–Crippen LogP) is 1.32. The van der Waals surface area contributed by atoms with Gasteiger partial charge < -0.3 is 9.73 Å². The summed E-state index contributed by atoms with van der Waals surface area (Å²) < 4.78 is 4.91. The van der Waals surface area contributed by atoms with Gasteiger partial charge in [-0.25, -0.2) is 9.97 Å². The molecule has 0 atom stereocenters. The quantitative estimate of drug-likeness (QED) is 0.773. The molecule has 0 aliphatic heterocycles. The van der Waals surface area contributed by atoms with Crippen LogP contribution in [0.15, 0.2) is 41.5 Å². The Bertz CT molecular complexity index is 411. The number of aromatic nitrogens is 2. The summed E-state index contributed by atoms with van der Waals surface area (Å²) in [5.41, 5.74) is 0.536. The molecule has 70 valence electrons. The SMILES string of the molecule is O=C(Nc1cncnc1)c1ccco1. The molecule has 0 saturated carbocycles. The normalized spacial score (nSPS) is 9.71. The Morgan fingerprint density at radius 2 is 2.14 bits per heavy atom.